The number of carbonyl (C=O) groups is 1. The summed E-state index contributed by atoms with van der Waals surface area (Å²) in [6, 6.07) is 23.3. The fraction of sp³-hybridized carbons (Fsp3) is 0.286. The lowest BCUT2D eigenvalue weighted by atomic mass is 10.1. The van der Waals surface area contributed by atoms with Crippen molar-refractivity contribution in [3.05, 3.63) is 83.6 Å². The average molecular weight is 490 g/mol. The number of hydrogen-bond donors (Lipinski definition) is 0. The van der Waals surface area contributed by atoms with Gasteiger partial charge in [-0.1, -0.05) is 35.9 Å². The summed E-state index contributed by atoms with van der Waals surface area (Å²) in [6.45, 7) is 4.41. The molecule has 3 aromatic carbocycles. The molecule has 1 saturated heterocycles. The molecule has 4 aromatic rings. The second kappa shape index (κ2) is 10.4. The number of ether oxygens (including phenoxy) is 2. The zero-order chi connectivity index (χ0) is 24.2. The van der Waals surface area contributed by atoms with E-state index in [0.717, 1.165) is 47.0 Å². The molecule has 2 heterocycles. The lowest BCUT2D eigenvalue weighted by molar-refractivity contribution is -0.117. The number of hydrogen-bond acceptors (Lipinski definition) is 4. The lowest BCUT2D eigenvalue weighted by Crippen LogP contribution is -2.25. The standard InChI is InChI=1S/C28H28ClN3O3/c1-2-34-26-11-6-5-10-25(26)32-19-20(18-27(32)33)28-30-23-8-3-4-9-24(23)31(28)16-7-17-35-22-14-12-21(29)13-15-22/h3-6,8-15,20H,2,7,16-19H2,1H3/t20-/m1/s1. The van der Waals surface area contributed by atoms with E-state index >= 15 is 0 Å². The van der Waals surface area contributed by atoms with Gasteiger partial charge in [-0.25, -0.2) is 4.98 Å². The maximum atomic E-state index is 13.1. The minimum Gasteiger partial charge on any atom is -0.494 e. The minimum absolute atomic E-state index is 0.00164. The number of anilines is 1. The molecule has 1 aliphatic heterocycles. The zero-order valence-electron chi connectivity index (χ0n) is 19.7. The molecule has 0 aliphatic carbocycles. The monoisotopic (exact) mass is 489 g/mol. The summed E-state index contributed by atoms with van der Waals surface area (Å²) in [5, 5.41) is 0.691. The molecule has 7 heteroatoms. The van der Waals surface area contributed by atoms with E-state index in [4.69, 9.17) is 26.1 Å². The number of carbonyl (C=O) groups excluding carboxylic acids is 1. The third kappa shape index (κ3) is 4.98. The first-order chi connectivity index (χ1) is 17.1. The molecule has 1 aliphatic rings. The highest BCUT2D eigenvalue weighted by Crippen LogP contribution is 2.37. The van der Waals surface area contributed by atoms with E-state index in [1.54, 1.807) is 0 Å². The van der Waals surface area contributed by atoms with E-state index in [0.29, 0.717) is 31.2 Å². The summed E-state index contributed by atoms with van der Waals surface area (Å²) in [5.41, 5.74) is 2.84. The molecule has 0 bridgehead atoms. The first-order valence-electron chi connectivity index (χ1n) is 12.0. The number of fused-ring (bicyclic) bond motifs is 1. The average Bonchev–Trinajstić information content (AvgIpc) is 3.44. The Morgan fingerprint density at radius 1 is 1.00 bits per heavy atom. The number of para-hydroxylation sites is 4. The number of benzene rings is 3. The number of amides is 1. The predicted octanol–water partition coefficient (Wildman–Crippen LogP) is 6.08. The van der Waals surface area contributed by atoms with Crippen LogP contribution in [0, 0.1) is 0 Å². The summed E-state index contributed by atoms with van der Waals surface area (Å²) in [4.78, 5) is 19.9. The van der Waals surface area contributed by atoms with Crippen LogP contribution in [-0.4, -0.2) is 35.2 Å². The first kappa shape index (κ1) is 23.2. The Balaban J connectivity index is 1.35. The van der Waals surface area contributed by atoms with Crippen LogP contribution in [0.5, 0.6) is 11.5 Å². The van der Waals surface area contributed by atoms with Crippen LogP contribution < -0.4 is 14.4 Å². The van der Waals surface area contributed by atoms with E-state index in [1.807, 2.05) is 78.6 Å². The van der Waals surface area contributed by atoms with Gasteiger partial charge in [0.2, 0.25) is 5.91 Å². The Morgan fingerprint density at radius 2 is 1.77 bits per heavy atom. The fourth-order valence-corrected chi connectivity index (χ4v) is 4.78. The van der Waals surface area contributed by atoms with Crippen molar-refractivity contribution in [1.29, 1.82) is 0 Å². The summed E-state index contributed by atoms with van der Waals surface area (Å²) in [6.07, 6.45) is 1.23. The van der Waals surface area contributed by atoms with E-state index in [1.165, 1.54) is 0 Å². The molecule has 0 N–H and O–H groups in total. The van der Waals surface area contributed by atoms with Gasteiger partial charge >= 0.3 is 0 Å². The molecule has 0 spiro atoms. The van der Waals surface area contributed by atoms with Crippen LogP contribution >= 0.6 is 11.6 Å². The Morgan fingerprint density at radius 3 is 2.60 bits per heavy atom. The molecule has 1 amide bonds. The van der Waals surface area contributed by atoms with Crippen LogP contribution in [0.1, 0.15) is 31.5 Å². The topological polar surface area (TPSA) is 56.6 Å². The van der Waals surface area contributed by atoms with Gasteiger partial charge in [0.15, 0.2) is 0 Å². The largest absolute Gasteiger partial charge is 0.494 e. The van der Waals surface area contributed by atoms with Crippen LogP contribution in [0.15, 0.2) is 72.8 Å². The van der Waals surface area contributed by atoms with Gasteiger partial charge in [-0.3, -0.25) is 4.79 Å². The van der Waals surface area contributed by atoms with Crippen molar-refractivity contribution in [1.82, 2.24) is 9.55 Å². The SMILES string of the molecule is CCOc1ccccc1N1C[C@H](c2nc3ccccc3n2CCCOc2ccc(Cl)cc2)CC1=O. The first-order valence-corrected chi connectivity index (χ1v) is 12.4. The molecule has 1 fully saturated rings. The maximum Gasteiger partial charge on any atom is 0.227 e. The van der Waals surface area contributed by atoms with E-state index in [9.17, 15) is 4.79 Å². The smallest absolute Gasteiger partial charge is 0.227 e. The molecule has 0 saturated carbocycles. The van der Waals surface area contributed by atoms with E-state index < -0.39 is 0 Å². The summed E-state index contributed by atoms with van der Waals surface area (Å²) in [5.74, 6) is 2.57. The van der Waals surface area contributed by atoms with E-state index in [2.05, 4.69) is 10.6 Å². The van der Waals surface area contributed by atoms with Crippen molar-refractivity contribution in [2.75, 3.05) is 24.7 Å². The van der Waals surface area contributed by atoms with Gasteiger partial charge in [-0.2, -0.15) is 0 Å². The molecule has 1 atom stereocenters. The van der Waals surface area contributed by atoms with Crippen molar-refractivity contribution in [2.24, 2.45) is 0 Å². The quantitative estimate of drug-likeness (QED) is 0.267. The Kier molecular flexibility index (Phi) is 6.91. The molecule has 0 radical (unpaired) electrons. The van der Waals surface area contributed by atoms with Gasteiger partial charge in [0.05, 0.1) is 29.9 Å². The summed E-state index contributed by atoms with van der Waals surface area (Å²) < 4.78 is 13.9. The van der Waals surface area contributed by atoms with Crippen molar-refractivity contribution in [2.45, 2.75) is 32.2 Å². The third-order valence-corrected chi connectivity index (χ3v) is 6.49. The number of nitrogens with zero attached hydrogens (tertiary/aromatic N) is 3. The molecule has 1 aromatic heterocycles. The molecule has 5 rings (SSSR count). The van der Waals surface area contributed by atoms with Gasteiger partial charge in [0, 0.05) is 30.5 Å². The molecular formula is C28H28ClN3O3. The number of aryl methyl sites for hydroxylation is 1. The zero-order valence-corrected chi connectivity index (χ0v) is 20.4. The van der Waals surface area contributed by atoms with Crippen molar-refractivity contribution < 1.29 is 14.3 Å². The van der Waals surface area contributed by atoms with Crippen LogP contribution in [-0.2, 0) is 11.3 Å². The Hall–Kier alpha value is -3.51. The second-order valence-corrected chi connectivity index (χ2v) is 9.01. The predicted molar refractivity (Wildman–Crippen MR) is 139 cm³/mol. The van der Waals surface area contributed by atoms with Gasteiger partial charge in [0.1, 0.15) is 17.3 Å². The second-order valence-electron chi connectivity index (χ2n) is 8.57. The van der Waals surface area contributed by atoms with Crippen LogP contribution in [0.4, 0.5) is 5.69 Å². The van der Waals surface area contributed by atoms with Crippen molar-refractivity contribution in [3.63, 3.8) is 0 Å². The normalized spacial score (nSPS) is 15.7. The van der Waals surface area contributed by atoms with Crippen molar-refractivity contribution >= 4 is 34.2 Å². The summed E-state index contributed by atoms with van der Waals surface area (Å²) >= 11 is 5.96. The Labute approximate surface area is 210 Å². The van der Waals surface area contributed by atoms with Crippen LogP contribution in [0.2, 0.25) is 5.02 Å². The van der Waals surface area contributed by atoms with E-state index in [-0.39, 0.29) is 11.8 Å². The minimum atomic E-state index is 0.00164. The molecular weight excluding hydrogens is 462 g/mol. The number of rotatable bonds is 9. The molecule has 6 nitrogen and oxygen atoms in total. The highest BCUT2D eigenvalue weighted by Gasteiger charge is 2.35. The van der Waals surface area contributed by atoms with Gasteiger partial charge in [0.25, 0.3) is 0 Å². The Bertz CT molecular complexity index is 1320. The van der Waals surface area contributed by atoms with Crippen LogP contribution in [0.25, 0.3) is 11.0 Å². The van der Waals surface area contributed by atoms with Crippen molar-refractivity contribution in [3.8, 4) is 11.5 Å². The molecule has 35 heavy (non-hydrogen) atoms. The highest BCUT2D eigenvalue weighted by atomic mass is 35.5. The van der Waals surface area contributed by atoms with Crippen LogP contribution in [0.3, 0.4) is 0 Å². The van der Waals surface area contributed by atoms with Gasteiger partial charge in [-0.05, 0) is 61.9 Å². The van der Waals surface area contributed by atoms with Gasteiger partial charge < -0.3 is 18.9 Å². The number of halogens is 1. The third-order valence-electron chi connectivity index (χ3n) is 6.24. The highest BCUT2D eigenvalue weighted by molar-refractivity contribution is 6.30. The molecule has 180 valence electrons. The number of imidazole rings is 1. The lowest BCUT2D eigenvalue weighted by Gasteiger charge is -2.20. The summed E-state index contributed by atoms with van der Waals surface area (Å²) in [7, 11) is 0. The molecule has 0 unspecified atom stereocenters. The number of aromatic nitrogens is 2. The van der Waals surface area contributed by atoms with Gasteiger partial charge in [-0.15, -0.1) is 0 Å². The maximum absolute atomic E-state index is 13.1. The fourth-order valence-electron chi connectivity index (χ4n) is 4.66.